The summed E-state index contributed by atoms with van der Waals surface area (Å²) >= 11 is 1.29. The monoisotopic (exact) mass is 406 g/mol. The van der Waals surface area contributed by atoms with Crippen LogP contribution >= 0.6 is 19.9 Å². The SMILES string of the molecule is CCOC(=O)[C@H](C)N[P+](=O)OCC1S[C@@H](n2cnc(N)nc2=O)C[C@H]1O. The van der Waals surface area contributed by atoms with Crippen molar-refractivity contribution in [1.82, 2.24) is 19.6 Å². The lowest BCUT2D eigenvalue weighted by molar-refractivity contribution is -0.144. The Morgan fingerprint density at radius 1 is 1.65 bits per heavy atom. The molecule has 5 atom stereocenters. The van der Waals surface area contributed by atoms with E-state index in [2.05, 4.69) is 15.1 Å². The van der Waals surface area contributed by atoms with Gasteiger partial charge in [-0.05, 0) is 18.4 Å². The molecule has 0 radical (unpaired) electrons. The van der Waals surface area contributed by atoms with Crippen LogP contribution in [-0.2, 0) is 18.6 Å². The van der Waals surface area contributed by atoms with Gasteiger partial charge in [-0.2, -0.15) is 4.98 Å². The van der Waals surface area contributed by atoms with E-state index in [1.54, 1.807) is 6.92 Å². The maximum Gasteiger partial charge on any atom is 0.613 e. The van der Waals surface area contributed by atoms with Crippen LogP contribution in [0.4, 0.5) is 5.95 Å². The Hall–Kier alpha value is -1.59. The number of hydrogen-bond acceptors (Lipinski definition) is 10. The average Bonchev–Trinajstić information content (AvgIpc) is 2.93. The minimum absolute atomic E-state index is 0.0232. The zero-order valence-electron chi connectivity index (χ0n) is 14.3. The number of nitrogens with zero attached hydrogens (tertiary/aromatic N) is 3. The topological polar surface area (TPSA) is 159 Å². The lowest BCUT2D eigenvalue weighted by Crippen LogP contribution is -2.31. The molecule has 1 aliphatic rings. The number of aliphatic hydroxyl groups is 1. The third-order valence-electron chi connectivity index (χ3n) is 3.56. The summed E-state index contributed by atoms with van der Waals surface area (Å²) in [4.78, 5) is 30.7. The second kappa shape index (κ2) is 9.38. The van der Waals surface area contributed by atoms with E-state index < -0.39 is 37.2 Å². The molecule has 1 aliphatic heterocycles. The Kier molecular flexibility index (Phi) is 7.47. The van der Waals surface area contributed by atoms with Crippen molar-refractivity contribution >= 4 is 31.9 Å². The summed E-state index contributed by atoms with van der Waals surface area (Å²) in [6.45, 7) is 3.39. The highest BCUT2D eigenvalue weighted by Gasteiger charge is 2.38. The van der Waals surface area contributed by atoms with Crippen molar-refractivity contribution < 1.29 is 23.7 Å². The largest absolute Gasteiger partial charge is 0.613 e. The normalized spacial score (nSPS) is 24.3. The second-order valence-electron chi connectivity index (χ2n) is 5.49. The van der Waals surface area contributed by atoms with Crippen molar-refractivity contribution in [2.45, 2.75) is 43.0 Å². The zero-order chi connectivity index (χ0) is 19.3. The van der Waals surface area contributed by atoms with Crippen molar-refractivity contribution in [3.63, 3.8) is 0 Å². The van der Waals surface area contributed by atoms with Gasteiger partial charge in [0.1, 0.15) is 19.0 Å². The molecule has 1 aromatic heterocycles. The smallest absolute Gasteiger partial charge is 0.465 e. The molecule has 2 rings (SSSR count). The number of ether oxygens (including phenoxy) is 1. The summed E-state index contributed by atoms with van der Waals surface area (Å²) in [5.41, 5.74) is 4.80. The molecule has 0 aliphatic carbocycles. The minimum Gasteiger partial charge on any atom is -0.465 e. The Morgan fingerprint density at radius 2 is 2.38 bits per heavy atom. The third-order valence-corrected chi connectivity index (χ3v) is 6.07. The fourth-order valence-electron chi connectivity index (χ4n) is 2.25. The number of rotatable bonds is 8. The molecular weight excluding hydrogens is 385 g/mol. The van der Waals surface area contributed by atoms with Crippen LogP contribution in [0.3, 0.4) is 0 Å². The van der Waals surface area contributed by atoms with E-state index in [0.717, 1.165) is 0 Å². The first kappa shape index (κ1) is 20.7. The predicted molar refractivity (Wildman–Crippen MR) is 94.5 cm³/mol. The predicted octanol–water partition coefficient (Wildman–Crippen LogP) is -0.199. The van der Waals surface area contributed by atoms with Crippen molar-refractivity contribution in [2.75, 3.05) is 18.9 Å². The molecule has 0 aromatic carbocycles. The number of hydrogen-bond donors (Lipinski definition) is 3. The van der Waals surface area contributed by atoms with Gasteiger partial charge in [0, 0.05) is 6.42 Å². The van der Waals surface area contributed by atoms with Crippen LogP contribution < -0.4 is 16.5 Å². The maximum atomic E-state index is 11.9. The van der Waals surface area contributed by atoms with Crippen molar-refractivity contribution in [1.29, 1.82) is 0 Å². The fraction of sp³-hybridized carbons (Fsp3) is 0.692. The van der Waals surface area contributed by atoms with E-state index in [0.29, 0.717) is 0 Å². The van der Waals surface area contributed by atoms with Gasteiger partial charge >= 0.3 is 19.8 Å². The first-order valence-corrected chi connectivity index (χ1v) is 10.0. The number of esters is 1. The third kappa shape index (κ3) is 5.45. The molecule has 2 heterocycles. The molecule has 0 bridgehead atoms. The molecular formula is C13H21N5O6PS+. The van der Waals surface area contributed by atoms with Gasteiger partial charge in [0.25, 0.3) is 0 Å². The molecule has 2 unspecified atom stereocenters. The number of nitrogens with two attached hydrogens (primary N) is 1. The number of carbonyl (C=O) groups excluding carboxylic acids is 1. The van der Waals surface area contributed by atoms with Gasteiger partial charge in [0.05, 0.1) is 23.3 Å². The highest BCUT2D eigenvalue weighted by molar-refractivity contribution is 8.00. The van der Waals surface area contributed by atoms with Gasteiger partial charge in [-0.3, -0.25) is 9.36 Å². The standard InChI is InChI=1S/C13H20N5O6PS/c1-3-23-11(20)7(2)17-25(22)24-5-9-8(19)4-10(26-9)18-6-15-12(14)16-13(18)21/h6-10,19H,3-5H2,1-2H3,(H2-,14,16,17,21,22)/p+1/t7-,8+,9?,10+/m0/s1. The van der Waals surface area contributed by atoms with E-state index >= 15 is 0 Å². The van der Waals surface area contributed by atoms with Gasteiger partial charge in [-0.15, -0.1) is 16.3 Å². The van der Waals surface area contributed by atoms with Crippen molar-refractivity contribution in [3.8, 4) is 0 Å². The van der Waals surface area contributed by atoms with Gasteiger partial charge in [0.15, 0.2) is 0 Å². The Labute approximate surface area is 154 Å². The quantitative estimate of drug-likeness (QED) is 0.388. The van der Waals surface area contributed by atoms with E-state index in [-0.39, 0.29) is 31.0 Å². The minimum atomic E-state index is -2.31. The van der Waals surface area contributed by atoms with E-state index in [1.807, 2.05) is 0 Å². The summed E-state index contributed by atoms with van der Waals surface area (Å²) in [7, 11) is -2.31. The van der Waals surface area contributed by atoms with E-state index in [9.17, 15) is 19.3 Å². The van der Waals surface area contributed by atoms with E-state index in [4.69, 9.17) is 15.0 Å². The Bertz CT molecular complexity index is 719. The summed E-state index contributed by atoms with van der Waals surface area (Å²) in [6.07, 6.45) is 0.803. The zero-order valence-corrected chi connectivity index (χ0v) is 16.0. The number of carbonyl (C=O) groups is 1. The lowest BCUT2D eigenvalue weighted by atomic mass is 10.2. The van der Waals surface area contributed by atoms with Crippen molar-refractivity contribution in [3.05, 3.63) is 16.8 Å². The number of nitrogens with one attached hydrogen (secondary N) is 1. The van der Waals surface area contributed by atoms with Gasteiger partial charge < -0.3 is 15.6 Å². The summed E-state index contributed by atoms with van der Waals surface area (Å²) < 4.78 is 23.2. The first-order chi connectivity index (χ1) is 12.3. The molecule has 144 valence electrons. The van der Waals surface area contributed by atoms with Crippen LogP contribution in [0.25, 0.3) is 0 Å². The van der Waals surface area contributed by atoms with Gasteiger partial charge in [-0.25, -0.2) is 9.78 Å². The molecule has 1 fully saturated rings. The molecule has 0 spiro atoms. The van der Waals surface area contributed by atoms with E-state index in [1.165, 1.54) is 29.6 Å². The highest BCUT2D eigenvalue weighted by Crippen LogP contribution is 2.41. The van der Waals surface area contributed by atoms with Gasteiger partial charge in [-0.1, -0.05) is 5.09 Å². The Balaban J connectivity index is 1.86. The van der Waals surface area contributed by atoms with Crippen molar-refractivity contribution in [2.24, 2.45) is 0 Å². The number of thioether (sulfide) groups is 1. The number of nitrogen functional groups attached to an aromatic ring is 1. The lowest BCUT2D eigenvalue weighted by Gasteiger charge is -2.11. The van der Waals surface area contributed by atoms with Crippen LogP contribution in [0.15, 0.2) is 11.1 Å². The summed E-state index contributed by atoms with van der Waals surface area (Å²) in [5, 5.41) is 11.9. The van der Waals surface area contributed by atoms with Crippen LogP contribution in [0.5, 0.6) is 0 Å². The van der Waals surface area contributed by atoms with Crippen LogP contribution in [0.2, 0.25) is 0 Å². The molecule has 11 nitrogen and oxygen atoms in total. The maximum absolute atomic E-state index is 11.9. The van der Waals surface area contributed by atoms with Crippen LogP contribution in [0.1, 0.15) is 25.6 Å². The summed E-state index contributed by atoms with van der Waals surface area (Å²) in [6, 6.07) is -0.780. The molecule has 13 heteroatoms. The molecule has 26 heavy (non-hydrogen) atoms. The number of aliphatic hydroxyl groups excluding tert-OH is 1. The average molecular weight is 406 g/mol. The molecule has 0 saturated carbocycles. The summed E-state index contributed by atoms with van der Waals surface area (Å²) in [5.74, 6) is -0.647. The van der Waals surface area contributed by atoms with Crippen LogP contribution in [-0.4, -0.2) is 56.2 Å². The first-order valence-electron chi connectivity index (χ1n) is 7.89. The fourth-order valence-corrected chi connectivity index (χ4v) is 4.56. The molecule has 1 aromatic rings. The Morgan fingerprint density at radius 3 is 3.04 bits per heavy atom. The van der Waals surface area contributed by atoms with Crippen LogP contribution in [0, 0.1) is 0 Å². The highest BCUT2D eigenvalue weighted by atomic mass is 32.2. The number of aromatic nitrogens is 3. The second-order valence-corrected chi connectivity index (χ2v) is 7.94. The van der Waals surface area contributed by atoms with Gasteiger partial charge in [0.2, 0.25) is 5.95 Å². The molecule has 0 amide bonds. The molecule has 1 saturated heterocycles. The molecule has 4 N–H and O–H groups in total. The number of anilines is 1.